The summed E-state index contributed by atoms with van der Waals surface area (Å²) in [6.45, 7) is 7.50. The van der Waals surface area contributed by atoms with E-state index in [9.17, 15) is 4.79 Å². The zero-order chi connectivity index (χ0) is 12.9. The standard InChI is InChI=1S/C14H28O3/c1-4-13(5-2)17-12-10-8-7-9-11-14(15)16-6-3/h13H,4-12H2,1-3H3. The fourth-order valence-corrected chi connectivity index (χ4v) is 1.73. The van der Waals surface area contributed by atoms with Gasteiger partial charge in [0.1, 0.15) is 0 Å². The minimum Gasteiger partial charge on any atom is -0.466 e. The lowest BCUT2D eigenvalue weighted by atomic mass is 10.1. The first-order valence-electron chi connectivity index (χ1n) is 7.01. The smallest absolute Gasteiger partial charge is 0.305 e. The van der Waals surface area contributed by atoms with Crippen LogP contribution in [0, 0.1) is 0 Å². The van der Waals surface area contributed by atoms with Crippen molar-refractivity contribution >= 4 is 5.97 Å². The monoisotopic (exact) mass is 244 g/mol. The van der Waals surface area contributed by atoms with E-state index in [0.29, 0.717) is 19.1 Å². The van der Waals surface area contributed by atoms with Gasteiger partial charge in [0.15, 0.2) is 0 Å². The van der Waals surface area contributed by atoms with Crippen molar-refractivity contribution < 1.29 is 14.3 Å². The second-order valence-electron chi connectivity index (χ2n) is 4.28. The number of carbonyl (C=O) groups excluding carboxylic acids is 1. The molecule has 0 aromatic rings. The van der Waals surface area contributed by atoms with Gasteiger partial charge in [-0.15, -0.1) is 0 Å². The number of hydrogen-bond acceptors (Lipinski definition) is 3. The highest BCUT2D eigenvalue weighted by molar-refractivity contribution is 5.69. The summed E-state index contributed by atoms with van der Waals surface area (Å²) >= 11 is 0. The second kappa shape index (κ2) is 11.9. The third-order valence-corrected chi connectivity index (χ3v) is 2.84. The second-order valence-corrected chi connectivity index (χ2v) is 4.28. The molecule has 0 bridgehead atoms. The summed E-state index contributed by atoms with van der Waals surface area (Å²) in [5.74, 6) is -0.0687. The van der Waals surface area contributed by atoms with Gasteiger partial charge in [-0.05, 0) is 32.6 Å². The van der Waals surface area contributed by atoms with Crippen LogP contribution >= 0.6 is 0 Å². The van der Waals surface area contributed by atoms with E-state index in [2.05, 4.69) is 13.8 Å². The van der Waals surface area contributed by atoms with Crippen LogP contribution in [-0.4, -0.2) is 25.3 Å². The SMILES string of the molecule is CCOC(=O)CCCCCCOC(CC)CC. The minimum atomic E-state index is -0.0687. The maximum Gasteiger partial charge on any atom is 0.305 e. The van der Waals surface area contributed by atoms with Crippen LogP contribution in [0.5, 0.6) is 0 Å². The summed E-state index contributed by atoms with van der Waals surface area (Å²) in [5.41, 5.74) is 0. The zero-order valence-corrected chi connectivity index (χ0v) is 11.7. The number of ether oxygens (including phenoxy) is 2. The first kappa shape index (κ1) is 16.4. The van der Waals surface area contributed by atoms with Gasteiger partial charge in [-0.1, -0.05) is 26.7 Å². The summed E-state index contributed by atoms with van der Waals surface area (Å²) in [6, 6.07) is 0. The maximum atomic E-state index is 11.1. The van der Waals surface area contributed by atoms with E-state index < -0.39 is 0 Å². The lowest BCUT2D eigenvalue weighted by Crippen LogP contribution is -2.11. The third-order valence-electron chi connectivity index (χ3n) is 2.84. The Hall–Kier alpha value is -0.570. The van der Waals surface area contributed by atoms with Crippen LogP contribution in [0.2, 0.25) is 0 Å². The molecule has 0 aliphatic heterocycles. The summed E-state index contributed by atoms with van der Waals surface area (Å²) in [4.78, 5) is 11.1. The molecule has 0 aliphatic carbocycles. The summed E-state index contributed by atoms with van der Waals surface area (Å²) in [7, 11) is 0. The number of carbonyl (C=O) groups is 1. The van der Waals surface area contributed by atoms with Crippen LogP contribution < -0.4 is 0 Å². The van der Waals surface area contributed by atoms with Crippen LogP contribution in [-0.2, 0) is 14.3 Å². The predicted octanol–water partition coefficient (Wildman–Crippen LogP) is 3.71. The number of hydrogen-bond donors (Lipinski definition) is 0. The topological polar surface area (TPSA) is 35.5 Å². The average molecular weight is 244 g/mol. The van der Waals surface area contributed by atoms with Crippen molar-refractivity contribution in [1.82, 2.24) is 0 Å². The van der Waals surface area contributed by atoms with Gasteiger partial charge in [0.2, 0.25) is 0 Å². The fraction of sp³-hybridized carbons (Fsp3) is 0.929. The molecule has 0 amide bonds. The molecule has 0 aromatic carbocycles. The number of unbranched alkanes of at least 4 members (excludes halogenated alkanes) is 3. The lowest BCUT2D eigenvalue weighted by molar-refractivity contribution is -0.143. The Balaban J connectivity index is 3.21. The first-order chi connectivity index (χ1) is 8.24. The van der Waals surface area contributed by atoms with Crippen LogP contribution in [0.25, 0.3) is 0 Å². The summed E-state index contributed by atoms with van der Waals surface area (Å²) in [6.07, 6.45) is 7.43. The fourth-order valence-electron chi connectivity index (χ4n) is 1.73. The van der Waals surface area contributed by atoms with Crippen LogP contribution in [0.1, 0.15) is 65.7 Å². The molecule has 0 fully saturated rings. The van der Waals surface area contributed by atoms with Gasteiger partial charge in [0.25, 0.3) is 0 Å². The van der Waals surface area contributed by atoms with E-state index in [4.69, 9.17) is 9.47 Å². The highest BCUT2D eigenvalue weighted by Crippen LogP contribution is 2.07. The highest BCUT2D eigenvalue weighted by atomic mass is 16.5. The van der Waals surface area contributed by atoms with Crippen LogP contribution in [0.15, 0.2) is 0 Å². The largest absolute Gasteiger partial charge is 0.466 e. The molecule has 3 nitrogen and oxygen atoms in total. The molecule has 0 saturated heterocycles. The van der Waals surface area contributed by atoms with E-state index >= 15 is 0 Å². The molecular weight excluding hydrogens is 216 g/mol. The van der Waals surface area contributed by atoms with Crippen LogP contribution in [0.3, 0.4) is 0 Å². The Bertz CT molecular complexity index is 176. The maximum absolute atomic E-state index is 11.1. The van der Waals surface area contributed by atoms with Crippen molar-refractivity contribution in [2.45, 2.75) is 71.8 Å². The summed E-state index contributed by atoms with van der Waals surface area (Å²) < 4.78 is 10.6. The van der Waals surface area contributed by atoms with Crippen molar-refractivity contribution in [3.63, 3.8) is 0 Å². The van der Waals surface area contributed by atoms with Gasteiger partial charge < -0.3 is 9.47 Å². The normalized spacial score (nSPS) is 10.8. The van der Waals surface area contributed by atoms with Crippen molar-refractivity contribution in [2.24, 2.45) is 0 Å². The molecule has 0 rings (SSSR count). The van der Waals surface area contributed by atoms with E-state index in [0.717, 1.165) is 45.1 Å². The molecule has 0 saturated carbocycles. The molecule has 3 heteroatoms. The molecule has 0 atom stereocenters. The predicted molar refractivity (Wildman–Crippen MR) is 70.0 cm³/mol. The van der Waals surface area contributed by atoms with Gasteiger partial charge in [0, 0.05) is 13.0 Å². The van der Waals surface area contributed by atoms with Gasteiger partial charge in [-0.3, -0.25) is 4.79 Å². The molecule has 0 unspecified atom stereocenters. The van der Waals surface area contributed by atoms with E-state index in [1.54, 1.807) is 0 Å². The van der Waals surface area contributed by atoms with Gasteiger partial charge in [0.05, 0.1) is 12.7 Å². The molecular formula is C14H28O3. The zero-order valence-electron chi connectivity index (χ0n) is 11.7. The molecule has 0 spiro atoms. The Morgan fingerprint density at radius 2 is 1.65 bits per heavy atom. The van der Waals surface area contributed by atoms with Gasteiger partial charge in [-0.2, -0.15) is 0 Å². The Morgan fingerprint density at radius 3 is 2.24 bits per heavy atom. The molecule has 0 aromatic heterocycles. The van der Waals surface area contributed by atoms with Gasteiger partial charge >= 0.3 is 5.97 Å². The summed E-state index contributed by atoms with van der Waals surface area (Å²) in [5, 5.41) is 0. The van der Waals surface area contributed by atoms with Crippen molar-refractivity contribution in [1.29, 1.82) is 0 Å². The van der Waals surface area contributed by atoms with Crippen LogP contribution in [0.4, 0.5) is 0 Å². The third kappa shape index (κ3) is 10.3. The molecule has 0 heterocycles. The van der Waals surface area contributed by atoms with E-state index in [1.165, 1.54) is 0 Å². The highest BCUT2D eigenvalue weighted by Gasteiger charge is 2.03. The molecule has 0 aliphatic rings. The van der Waals surface area contributed by atoms with Crippen molar-refractivity contribution in [3.05, 3.63) is 0 Å². The van der Waals surface area contributed by atoms with E-state index in [-0.39, 0.29) is 5.97 Å². The van der Waals surface area contributed by atoms with Crippen molar-refractivity contribution in [2.75, 3.05) is 13.2 Å². The lowest BCUT2D eigenvalue weighted by Gasteiger charge is -2.13. The van der Waals surface area contributed by atoms with Gasteiger partial charge in [-0.25, -0.2) is 0 Å². The number of esters is 1. The first-order valence-corrected chi connectivity index (χ1v) is 7.01. The molecule has 0 radical (unpaired) electrons. The molecule has 17 heavy (non-hydrogen) atoms. The van der Waals surface area contributed by atoms with E-state index in [1.807, 2.05) is 6.92 Å². The Morgan fingerprint density at radius 1 is 1.00 bits per heavy atom. The van der Waals surface area contributed by atoms with Crippen molar-refractivity contribution in [3.8, 4) is 0 Å². The molecule has 0 N–H and O–H groups in total. The minimum absolute atomic E-state index is 0.0687. The Labute approximate surface area is 106 Å². The number of rotatable bonds is 11. The Kier molecular flexibility index (Phi) is 11.5. The average Bonchev–Trinajstić information content (AvgIpc) is 2.33. The molecule has 102 valence electrons. The quantitative estimate of drug-likeness (QED) is 0.410.